The van der Waals surface area contributed by atoms with Crippen LogP contribution in [0.25, 0.3) is 10.9 Å². The van der Waals surface area contributed by atoms with Crippen LogP contribution in [0.15, 0.2) is 30.5 Å². The first-order valence-electron chi connectivity index (χ1n) is 11.1. The monoisotopic (exact) mass is 505 g/mol. The molecule has 0 N–H and O–H groups in total. The number of carbonyl (C=O) groups is 5. The number of ether oxygens (including phenoxy) is 6. The lowest BCUT2D eigenvalue weighted by molar-refractivity contribution is -0.288. The van der Waals surface area contributed by atoms with Crippen LogP contribution in [-0.2, 0) is 42.9 Å². The van der Waals surface area contributed by atoms with E-state index < -0.39 is 54.6 Å². The second-order valence-corrected chi connectivity index (χ2v) is 8.09. The van der Waals surface area contributed by atoms with Gasteiger partial charge in [-0.3, -0.25) is 28.5 Å². The molecule has 0 radical (unpaired) electrons. The van der Waals surface area contributed by atoms with Crippen molar-refractivity contribution in [1.29, 1.82) is 0 Å². The first-order chi connectivity index (χ1) is 17.0. The van der Waals surface area contributed by atoms with Crippen LogP contribution in [0.2, 0.25) is 0 Å². The number of carbonyl (C=O) groups excluding carboxylic acids is 5. The Morgan fingerprint density at radius 1 is 0.806 bits per heavy atom. The standard InChI is InChI=1S/C24H27NO11/c1-12(26)25-10-19(17-8-6-7-9-18(17)25)35-24-23(34-16(5)30)22(33-15(4)29)21(32-14(3)28)20(36-24)11-31-13(2)27/h6-10,20-24H,11H2,1-5H3/t20-,21-,22+,23-,24-/m1/s1. The summed E-state index contributed by atoms with van der Waals surface area (Å²) in [6.45, 7) is 5.57. The number of para-hydroxylation sites is 1. The number of esters is 4. The molecule has 1 fully saturated rings. The minimum Gasteiger partial charge on any atom is -0.463 e. The van der Waals surface area contributed by atoms with Gasteiger partial charge < -0.3 is 28.4 Å². The van der Waals surface area contributed by atoms with Gasteiger partial charge in [-0.1, -0.05) is 12.1 Å². The van der Waals surface area contributed by atoms with Crippen molar-refractivity contribution in [2.24, 2.45) is 0 Å². The molecule has 2 aromatic rings. The number of aromatic nitrogens is 1. The molecule has 2 heterocycles. The van der Waals surface area contributed by atoms with E-state index in [4.69, 9.17) is 28.4 Å². The third-order valence-corrected chi connectivity index (χ3v) is 5.21. The molecular formula is C24H27NO11. The highest BCUT2D eigenvalue weighted by Gasteiger charge is 2.53. The van der Waals surface area contributed by atoms with Crippen molar-refractivity contribution in [1.82, 2.24) is 4.57 Å². The molecule has 0 aliphatic carbocycles. The van der Waals surface area contributed by atoms with Gasteiger partial charge in [-0.05, 0) is 12.1 Å². The van der Waals surface area contributed by atoms with Crippen LogP contribution < -0.4 is 4.74 Å². The Labute approximate surface area is 206 Å². The lowest BCUT2D eigenvalue weighted by atomic mass is 9.98. The molecule has 3 rings (SSSR count). The van der Waals surface area contributed by atoms with E-state index in [1.54, 1.807) is 24.3 Å². The SMILES string of the molecule is CC(=O)OC[C@H]1O[C@@H](Oc2cn(C(C)=O)c3ccccc23)[C@H](OC(C)=O)[C@@H](OC(C)=O)[C@@H]1OC(C)=O. The van der Waals surface area contributed by atoms with Crippen LogP contribution in [0.1, 0.15) is 39.4 Å². The van der Waals surface area contributed by atoms with Gasteiger partial charge in [0.2, 0.25) is 18.3 Å². The average molecular weight is 505 g/mol. The fourth-order valence-corrected chi connectivity index (χ4v) is 3.91. The summed E-state index contributed by atoms with van der Waals surface area (Å²) < 4.78 is 34.6. The molecule has 5 atom stereocenters. The Balaban J connectivity index is 2.07. The maximum atomic E-state index is 12.1. The molecule has 1 aliphatic rings. The lowest BCUT2D eigenvalue weighted by Gasteiger charge is -2.43. The van der Waals surface area contributed by atoms with E-state index in [1.165, 1.54) is 24.6 Å². The third-order valence-electron chi connectivity index (χ3n) is 5.21. The maximum Gasteiger partial charge on any atom is 0.303 e. The molecule has 0 amide bonds. The van der Waals surface area contributed by atoms with Crippen molar-refractivity contribution < 1.29 is 52.4 Å². The Hall–Kier alpha value is -3.93. The summed E-state index contributed by atoms with van der Waals surface area (Å²) in [7, 11) is 0. The zero-order chi connectivity index (χ0) is 26.6. The van der Waals surface area contributed by atoms with Gasteiger partial charge in [-0.25, -0.2) is 0 Å². The van der Waals surface area contributed by atoms with Gasteiger partial charge >= 0.3 is 23.9 Å². The molecule has 0 spiro atoms. The first kappa shape index (κ1) is 26.7. The summed E-state index contributed by atoms with van der Waals surface area (Å²) >= 11 is 0. The Morgan fingerprint density at radius 2 is 1.39 bits per heavy atom. The molecular weight excluding hydrogens is 478 g/mol. The topological polar surface area (TPSA) is 146 Å². The quantitative estimate of drug-likeness (QED) is 0.401. The van der Waals surface area contributed by atoms with Crippen LogP contribution in [0.4, 0.5) is 0 Å². The van der Waals surface area contributed by atoms with E-state index in [2.05, 4.69) is 0 Å². The molecule has 0 bridgehead atoms. The van der Waals surface area contributed by atoms with Crippen molar-refractivity contribution in [2.75, 3.05) is 6.61 Å². The van der Waals surface area contributed by atoms with Crippen LogP contribution in [0.3, 0.4) is 0 Å². The minimum atomic E-state index is -1.41. The molecule has 12 heteroatoms. The first-order valence-corrected chi connectivity index (χ1v) is 11.1. The number of hydrogen-bond donors (Lipinski definition) is 0. The van der Waals surface area contributed by atoms with Gasteiger partial charge in [0.25, 0.3) is 0 Å². The molecule has 36 heavy (non-hydrogen) atoms. The molecule has 1 aromatic carbocycles. The number of nitrogens with zero attached hydrogens (tertiary/aromatic N) is 1. The van der Waals surface area contributed by atoms with Crippen LogP contribution in [0.5, 0.6) is 5.75 Å². The third kappa shape index (κ3) is 6.19. The van der Waals surface area contributed by atoms with Gasteiger partial charge in [0.1, 0.15) is 18.5 Å². The normalized spacial score (nSPS) is 23.4. The fourth-order valence-electron chi connectivity index (χ4n) is 3.91. The summed E-state index contributed by atoms with van der Waals surface area (Å²) in [6, 6.07) is 6.93. The Bertz CT molecular complexity index is 1170. The highest BCUT2D eigenvalue weighted by Crippen LogP contribution is 2.34. The zero-order valence-corrected chi connectivity index (χ0v) is 20.4. The number of benzene rings is 1. The van der Waals surface area contributed by atoms with Crippen LogP contribution >= 0.6 is 0 Å². The van der Waals surface area contributed by atoms with E-state index in [-0.39, 0.29) is 18.3 Å². The van der Waals surface area contributed by atoms with Gasteiger partial charge in [0.15, 0.2) is 12.2 Å². The predicted octanol–water partition coefficient (Wildman–Crippen LogP) is 1.76. The summed E-state index contributed by atoms with van der Waals surface area (Å²) in [4.78, 5) is 59.4. The molecule has 194 valence electrons. The highest BCUT2D eigenvalue weighted by molar-refractivity contribution is 5.95. The van der Waals surface area contributed by atoms with Gasteiger partial charge in [-0.15, -0.1) is 0 Å². The second-order valence-electron chi connectivity index (χ2n) is 8.09. The maximum absolute atomic E-state index is 12.1. The van der Waals surface area contributed by atoms with Crippen molar-refractivity contribution in [3.63, 3.8) is 0 Å². The molecule has 0 saturated carbocycles. The second kappa shape index (κ2) is 11.2. The largest absolute Gasteiger partial charge is 0.463 e. The molecule has 0 unspecified atom stereocenters. The van der Waals surface area contributed by atoms with E-state index in [1.807, 2.05) is 0 Å². The van der Waals surface area contributed by atoms with Crippen molar-refractivity contribution in [2.45, 2.75) is 65.3 Å². The smallest absolute Gasteiger partial charge is 0.303 e. The molecule has 1 aliphatic heterocycles. The molecule has 1 aromatic heterocycles. The zero-order valence-electron chi connectivity index (χ0n) is 20.4. The summed E-state index contributed by atoms with van der Waals surface area (Å²) in [6.07, 6.45) is -5.16. The van der Waals surface area contributed by atoms with Crippen molar-refractivity contribution in [3.8, 4) is 5.75 Å². The van der Waals surface area contributed by atoms with Crippen LogP contribution in [0, 0.1) is 0 Å². The van der Waals surface area contributed by atoms with E-state index in [9.17, 15) is 24.0 Å². The predicted molar refractivity (Wildman–Crippen MR) is 121 cm³/mol. The van der Waals surface area contributed by atoms with Gasteiger partial charge in [-0.2, -0.15) is 0 Å². The minimum absolute atomic E-state index is 0.210. The Morgan fingerprint density at radius 3 is 1.97 bits per heavy atom. The summed E-state index contributed by atoms with van der Waals surface area (Å²) in [5.74, 6) is -2.94. The molecule has 12 nitrogen and oxygen atoms in total. The summed E-state index contributed by atoms with van der Waals surface area (Å²) in [5.41, 5.74) is 0.561. The van der Waals surface area contributed by atoms with Crippen molar-refractivity contribution >= 4 is 40.7 Å². The highest BCUT2D eigenvalue weighted by atomic mass is 16.7. The van der Waals surface area contributed by atoms with Gasteiger partial charge in [0, 0.05) is 40.0 Å². The summed E-state index contributed by atoms with van der Waals surface area (Å²) in [5, 5.41) is 0.556. The van der Waals surface area contributed by atoms with Crippen LogP contribution in [-0.4, -0.2) is 71.7 Å². The van der Waals surface area contributed by atoms with Gasteiger partial charge in [0.05, 0.1) is 11.7 Å². The van der Waals surface area contributed by atoms with E-state index >= 15 is 0 Å². The fraction of sp³-hybridized carbons (Fsp3) is 0.458. The number of rotatable bonds is 7. The lowest BCUT2D eigenvalue weighted by Crippen LogP contribution is -2.63. The van der Waals surface area contributed by atoms with E-state index in [0.717, 1.165) is 20.8 Å². The molecule has 1 saturated heterocycles. The average Bonchev–Trinajstić information content (AvgIpc) is 3.14. The van der Waals surface area contributed by atoms with E-state index in [0.29, 0.717) is 10.9 Å². The number of fused-ring (bicyclic) bond motifs is 1. The number of hydrogen-bond acceptors (Lipinski definition) is 11. The van der Waals surface area contributed by atoms with Crippen molar-refractivity contribution in [3.05, 3.63) is 30.5 Å². The Kier molecular flexibility index (Phi) is 8.30.